The predicted octanol–water partition coefficient (Wildman–Crippen LogP) is 0.406. The Bertz CT molecular complexity index is 390. The Morgan fingerprint density at radius 3 is 3.00 bits per heavy atom. The van der Waals surface area contributed by atoms with Gasteiger partial charge in [0.25, 0.3) is 0 Å². The van der Waals surface area contributed by atoms with Crippen LogP contribution in [0.1, 0.15) is 5.56 Å². The molecule has 5 heteroatoms. The van der Waals surface area contributed by atoms with Gasteiger partial charge in [0.15, 0.2) is 0 Å². The summed E-state index contributed by atoms with van der Waals surface area (Å²) in [4.78, 5) is 0. The molecule has 0 spiro atoms. The Hall–Kier alpha value is -1.62. The van der Waals surface area contributed by atoms with Gasteiger partial charge in [-0.05, 0) is 11.6 Å². The molecule has 80 valence electrons. The molecule has 2 rings (SSSR count). The fourth-order valence-corrected chi connectivity index (χ4v) is 1.44. The summed E-state index contributed by atoms with van der Waals surface area (Å²) in [5.74, 6) is 0. The molecule has 0 amide bonds. The van der Waals surface area contributed by atoms with E-state index < -0.39 is 0 Å². The third-order valence-corrected chi connectivity index (χ3v) is 2.21. The van der Waals surface area contributed by atoms with E-state index in [4.69, 9.17) is 0 Å². The minimum Gasteiger partial charge on any atom is -0.357 e. The van der Waals surface area contributed by atoms with Crippen LogP contribution in [0.3, 0.4) is 0 Å². The van der Waals surface area contributed by atoms with Crippen LogP contribution in [-0.2, 0) is 20.1 Å². The van der Waals surface area contributed by atoms with Gasteiger partial charge in [-0.25, -0.2) is 0 Å². The molecule has 0 fully saturated rings. The second-order valence-corrected chi connectivity index (χ2v) is 3.53. The lowest BCUT2D eigenvalue weighted by Gasteiger charge is -2.02. The summed E-state index contributed by atoms with van der Waals surface area (Å²) in [6.07, 6.45) is 7.72. The summed E-state index contributed by atoms with van der Waals surface area (Å²) < 4.78 is 3.87. The molecular weight excluding hydrogens is 190 g/mol. The Morgan fingerprint density at radius 2 is 2.33 bits per heavy atom. The first-order chi connectivity index (χ1) is 7.34. The topological polar surface area (TPSA) is 47.7 Å². The van der Waals surface area contributed by atoms with Crippen LogP contribution >= 0.6 is 0 Å². The van der Waals surface area contributed by atoms with Crippen LogP contribution in [0.15, 0.2) is 30.9 Å². The number of hydrogen-bond donors (Lipinski definition) is 1. The standard InChI is InChI=1S/C10H15N5/c1-14-5-2-10(9-14)8-11-3-6-15-7-4-12-13-15/h2,4-5,7,9,11H,3,6,8H2,1H3. The summed E-state index contributed by atoms with van der Waals surface area (Å²) in [6, 6.07) is 2.11. The molecule has 0 aliphatic rings. The van der Waals surface area contributed by atoms with Crippen LogP contribution in [0.4, 0.5) is 0 Å². The largest absolute Gasteiger partial charge is 0.357 e. The highest BCUT2D eigenvalue weighted by atomic mass is 15.4. The van der Waals surface area contributed by atoms with Gasteiger partial charge in [0.1, 0.15) is 0 Å². The fraction of sp³-hybridized carbons (Fsp3) is 0.400. The smallest absolute Gasteiger partial charge is 0.0692 e. The number of nitrogens with zero attached hydrogens (tertiary/aromatic N) is 4. The van der Waals surface area contributed by atoms with Gasteiger partial charge in [0.2, 0.25) is 0 Å². The molecule has 5 nitrogen and oxygen atoms in total. The van der Waals surface area contributed by atoms with Crippen molar-refractivity contribution in [1.82, 2.24) is 24.9 Å². The highest BCUT2D eigenvalue weighted by molar-refractivity contribution is 5.09. The number of hydrogen-bond acceptors (Lipinski definition) is 3. The average molecular weight is 205 g/mol. The Kier molecular flexibility index (Phi) is 3.14. The van der Waals surface area contributed by atoms with Crippen LogP contribution in [0.25, 0.3) is 0 Å². The molecule has 2 aromatic heterocycles. The number of rotatable bonds is 5. The maximum atomic E-state index is 3.89. The van der Waals surface area contributed by atoms with E-state index in [-0.39, 0.29) is 0 Å². The number of aryl methyl sites for hydroxylation is 1. The van der Waals surface area contributed by atoms with E-state index in [2.05, 4.69) is 38.7 Å². The van der Waals surface area contributed by atoms with Gasteiger partial charge in [0.05, 0.1) is 12.7 Å². The molecule has 0 atom stereocenters. The van der Waals surface area contributed by atoms with E-state index in [9.17, 15) is 0 Å². The zero-order chi connectivity index (χ0) is 10.5. The van der Waals surface area contributed by atoms with Gasteiger partial charge >= 0.3 is 0 Å². The van der Waals surface area contributed by atoms with Crippen molar-refractivity contribution in [3.8, 4) is 0 Å². The van der Waals surface area contributed by atoms with Crippen LogP contribution in [0, 0.1) is 0 Å². The third kappa shape index (κ3) is 2.92. The van der Waals surface area contributed by atoms with E-state index in [1.807, 2.05) is 17.9 Å². The van der Waals surface area contributed by atoms with Crippen molar-refractivity contribution >= 4 is 0 Å². The number of nitrogens with one attached hydrogen (secondary N) is 1. The van der Waals surface area contributed by atoms with E-state index in [1.165, 1.54) is 5.56 Å². The first kappa shape index (κ1) is 9.92. The Morgan fingerprint density at radius 1 is 1.40 bits per heavy atom. The molecule has 0 radical (unpaired) electrons. The maximum absolute atomic E-state index is 3.89. The molecule has 0 aromatic carbocycles. The molecular formula is C10H15N5. The zero-order valence-corrected chi connectivity index (χ0v) is 8.80. The predicted molar refractivity (Wildman–Crippen MR) is 57.1 cm³/mol. The highest BCUT2D eigenvalue weighted by Gasteiger charge is 1.94. The quantitative estimate of drug-likeness (QED) is 0.719. The molecule has 0 saturated carbocycles. The minimum absolute atomic E-state index is 0.854. The first-order valence-corrected chi connectivity index (χ1v) is 5.00. The summed E-state index contributed by atoms with van der Waals surface area (Å²) in [5, 5.41) is 11.0. The lowest BCUT2D eigenvalue weighted by Crippen LogP contribution is -2.19. The molecule has 0 aliphatic heterocycles. The van der Waals surface area contributed by atoms with Crippen molar-refractivity contribution in [1.29, 1.82) is 0 Å². The van der Waals surface area contributed by atoms with Crippen molar-refractivity contribution < 1.29 is 0 Å². The third-order valence-electron chi connectivity index (χ3n) is 2.21. The van der Waals surface area contributed by atoms with Crippen LogP contribution in [0.2, 0.25) is 0 Å². The van der Waals surface area contributed by atoms with Crippen LogP contribution in [-0.4, -0.2) is 26.1 Å². The lowest BCUT2D eigenvalue weighted by atomic mass is 10.3. The maximum Gasteiger partial charge on any atom is 0.0692 e. The summed E-state index contributed by atoms with van der Waals surface area (Å²) in [5.41, 5.74) is 1.30. The lowest BCUT2D eigenvalue weighted by molar-refractivity contribution is 0.540. The molecule has 1 N–H and O–H groups in total. The van der Waals surface area contributed by atoms with Crippen molar-refractivity contribution in [2.45, 2.75) is 13.1 Å². The normalized spacial score (nSPS) is 10.7. The van der Waals surface area contributed by atoms with Crippen molar-refractivity contribution in [2.75, 3.05) is 6.54 Å². The van der Waals surface area contributed by atoms with E-state index in [1.54, 1.807) is 6.20 Å². The molecule has 0 saturated heterocycles. The number of aromatic nitrogens is 4. The van der Waals surface area contributed by atoms with E-state index in [0.29, 0.717) is 0 Å². The van der Waals surface area contributed by atoms with E-state index in [0.717, 1.165) is 19.6 Å². The van der Waals surface area contributed by atoms with Gasteiger partial charge in [-0.3, -0.25) is 4.68 Å². The molecule has 0 unspecified atom stereocenters. The Balaban J connectivity index is 1.67. The Labute approximate surface area is 88.7 Å². The zero-order valence-electron chi connectivity index (χ0n) is 8.80. The second kappa shape index (κ2) is 4.75. The molecule has 2 aromatic rings. The first-order valence-electron chi connectivity index (χ1n) is 5.00. The summed E-state index contributed by atoms with van der Waals surface area (Å²) >= 11 is 0. The van der Waals surface area contributed by atoms with Crippen molar-refractivity contribution in [3.63, 3.8) is 0 Å². The minimum atomic E-state index is 0.854. The molecule has 15 heavy (non-hydrogen) atoms. The molecule has 2 heterocycles. The van der Waals surface area contributed by atoms with Crippen molar-refractivity contribution in [2.24, 2.45) is 7.05 Å². The fourth-order valence-electron chi connectivity index (χ4n) is 1.44. The summed E-state index contributed by atoms with van der Waals surface area (Å²) in [6.45, 7) is 2.65. The highest BCUT2D eigenvalue weighted by Crippen LogP contribution is 1.97. The van der Waals surface area contributed by atoms with Crippen LogP contribution < -0.4 is 5.32 Å². The molecule has 0 aliphatic carbocycles. The van der Waals surface area contributed by atoms with Crippen molar-refractivity contribution in [3.05, 3.63) is 36.4 Å². The second-order valence-electron chi connectivity index (χ2n) is 3.53. The summed E-state index contributed by atoms with van der Waals surface area (Å²) in [7, 11) is 2.03. The molecule has 0 bridgehead atoms. The van der Waals surface area contributed by atoms with E-state index >= 15 is 0 Å². The average Bonchev–Trinajstić information content (AvgIpc) is 2.84. The van der Waals surface area contributed by atoms with Gasteiger partial charge in [-0.15, -0.1) is 5.10 Å². The monoisotopic (exact) mass is 205 g/mol. The van der Waals surface area contributed by atoms with Gasteiger partial charge in [-0.1, -0.05) is 5.21 Å². The van der Waals surface area contributed by atoms with Crippen LogP contribution in [0.5, 0.6) is 0 Å². The van der Waals surface area contributed by atoms with Gasteiger partial charge in [0, 0.05) is 38.7 Å². The van der Waals surface area contributed by atoms with Gasteiger partial charge < -0.3 is 9.88 Å². The SMILES string of the molecule is Cn1ccc(CNCCn2ccnn2)c1. The van der Waals surface area contributed by atoms with Gasteiger partial charge in [-0.2, -0.15) is 0 Å².